The van der Waals surface area contributed by atoms with Gasteiger partial charge in [0.2, 0.25) is 0 Å². The minimum atomic E-state index is -0.332. The Bertz CT molecular complexity index is 870. The van der Waals surface area contributed by atoms with Gasteiger partial charge in [-0.15, -0.1) is 0 Å². The van der Waals surface area contributed by atoms with Crippen molar-refractivity contribution >= 4 is 5.91 Å². The summed E-state index contributed by atoms with van der Waals surface area (Å²) in [5, 5.41) is 3.14. The van der Waals surface area contributed by atoms with E-state index in [0.29, 0.717) is 5.92 Å². The van der Waals surface area contributed by atoms with E-state index in [0.717, 1.165) is 40.2 Å². The molecule has 0 radical (unpaired) electrons. The molecule has 4 heteroatoms. The summed E-state index contributed by atoms with van der Waals surface area (Å²) in [6.07, 6.45) is 0.719. The molecule has 0 aliphatic carbocycles. The third kappa shape index (κ3) is 4.67. The number of nitrogens with one attached hydrogen (secondary N) is 1. The van der Waals surface area contributed by atoms with Gasteiger partial charge in [-0.05, 0) is 62.4 Å². The molecule has 1 amide bonds. The highest BCUT2D eigenvalue weighted by Gasteiger charge is 2.34. The number of rotatable bonds is 5. The van der Waals surface area contributed by atoms with Crippen LogP contribution in [0.1, 0.15) is 68.3 Å². The van der Waals surface area contributed by atoms with Gasteiger partial charge in [0.1, 0.15) is 17.1 Å². The largest absolute Gasteiger partial charge is 0.487 e. The maximum Gasteiger partial charge on any atom is 0.258 e. The van der Waals surface area contributed by atoms with Gasteiger partial charge in [0, 0.05) is 12.0 Å². The maximum absolute atomic E-state index is 12.7. The van der Waals surface area contributed by atoms with Crippen molar-refractivity contribution in [2.75, 3.05) is 6.61 Å². The van der Waals surface area contributed by atoms with Gasteiger partial charge in [-0.1, -0.05) is 38.1 Å². The molecule has 0 saturated carbocycles. The average Bonchev–Trinajstić information content (AvgIpc) is 2.58. The van der Waals surface area contributed by atoms with Crippen molar-refractivity contribution in [2.45, 2.75) is 65.5 Å². The average molecular weight is 382 g/mol. The SMILES string of the molecule is Cc1ccc(C(C)C)c(OCC(=O)N[C@@H]2CC(C)(C)Oc3cc(C)ccc32)c1. The number of hydrogen-bond donors (Lipinski definition) is 1. The van der Waals surface area contributed by atoms with Crippen LogP contribution in [0.25, 0.3) is 0 Å². The number of amides is 1. The highest BCUT2D eigenvalue weighted by atomic mass is 16.5. The number of hydrogen-bond acceptors (Lipinski definition) is 3. The third-order valence-electron chi connectivity index (χ3n) is 5.11. The zero-order valence-electron chi connectivity index (χ0n) is 17.8. The van der Waals surface area contributed by atoms with Crippen LogP contribution in [0, 0.1) is 13.8 Å². The van der Waals surface area contributed by atoms with Crippen molar-refractivity contribution in [3.05, 3.63) is 58.7 Å². The molecule has 0 aromatic heterocycles. The molecule has 0 spiro atoms. The van der Waals surface area contributed by atoms with Crippen LogP contribution in [0.5, 0.6) is 11.5 Å². The Morgan fingerprint density at radius 1 is 1.18 bits per heavy atom. The van der Waals surface area contributed by atoms with Crippen molar-refractivity contribution in [3.8, 4) is 11.5 Å². The van der Waals surface area contributed by atoms with Crippen molar-refractivity contribution in [1.82, 2.24) is 5.32 Å². The molecule has 0 fully saturated rings. The molecule has 4 nitrogen and oxygen atoms in total. The highest BCUT2D eigenvalue weighted by molar-refractivity contribution is 5.78. The second-order valence-electron chi connectivity index (χ2n) is 8.71. The normalized spacial score (nSPS) is 17.6. The molecular formula is C24H31NO3. The predicted octanol–water partition coefficient (Wildman–Crippen LogP) is 5.22. The lowest BCUT2D eigenvalue weighted by molar-refractivity contribution is -0.124. The van der Waals surface area contributed by atoms with Crippen LogP contribution in [0.2, 0.25) is 0 Å². The molecular weight excluding hydrogens is 350 g/mol. The van der Waals surface area contributed by atoms with E-state index in [1.165, 1.54) is 0 Å². The number of ether oxygens (including phenoxy) is 2. The minimum absolute atomic E-state index is 0.00214. The lowest BCUT2D eigenvalue weighted by Crippen LogP contribution is -2.42. The third-order valence-corrected chi connectivity index (χ3v) is 5.11. The second-order valence-corrected chi connectivity index (χ2v) is 8.71. The molecule has 150 valence electrons. The molecule has 0 saturated heterocycles. The summed E-state index contributed by atoms with van der Waals surface area (Å²) in [5.74, 6) is 1.85. The first-order chi connectivity index (χ1) is 13.1. The molecule has 1 heterocycles. The monoisotopic (exact) mass is 381 g/mol. The zero-order valence-corrected chi connectivity index (χ0v) is 17.8. The van der Waals surface area contributed by atoms with E-state index in [4.69, 9.17) is 9.47 Å². The van der Waals surface area contributed by atoms with E-state index in [1.54, 1.807) is 0 Å². The van der Waals surface area contributed by atoms with E-state index in [2.05, 4.69) is 51.2 Å². The quantitative estimate of drug-likeness (QED) is 0.772. The summed E-state index contributed by atoms with van der Waals surface area (Å²) >= 11 is 0. The number of carbonyl (C=O) groups is 1. The fourth-order valence-corrected chi connectivity index (χ4v) is 3.71. The van der Waals surface area contributed by atoms with Crippen LogP contribution in [-0.2, 0) is 4.79 Å². The molecule has 0 unspecified atom stereocenters. The maximum atomic E-state index is 12.7. The van der Waals surface area contributed by atoms with E-state index in [1.807, 2.05) is 32.0 Å². The van der Waals surface area contributed by atoms with E-state index in [9.17, 15) is 4.79 Å². The first-order valence-electron chi connectivity index (χ1n) is 9.97. The lowest BCUT2D eigenvalue weighted by atomic mass is 9.89. The standard InChI is InChI=1S/C24H31NO3/c1-15(2)18-9-7-16(3)11-21(18)27-14-23(26)25-20-13-24(5,6)28-22-12-17(4)8-10-19(20)22/h7-12,15,20H,13-14H2,1-6H3,(H,25,26)/t20-/m1/s1. The minimum Gasteiger partial charge on any atom is -0.487 e. The highest BCUT2D eigenvalue weighted by Crippen LogP contribution is 2.39. The molecule has 2 aromatic rings. The van der Waals surface area contributed by atoms with Crippen LogP contribution in [-0.4, -0.2) is 18.1 Å². The molecule has 1 N–H and O–H groups in total. The number of aryl methyl sites for hydroxylation is 2. The first kappa shape index (κ1) is 20.2. The smallest absolute Gasteiger partial charge is 0.258 e. The van der Waals surface area contributed by atoms with E-state index >= 15 is 0 Å². The van der Waals surface area contributed by atoms with Gasteiger partial charge in [0.15, 0.2) is 6.61 Å². The fourth-order valence-electron chi connectivity index (χ4n) is 3.71. The molecule has 28 heavy (non-hydrogen) atoms. The second kappa shape index (κ2) is 7.86. The molecule has 1 aliphatic heterocycles. The lowest BCUT2D eigenvalue weighted by Gasteiger charge is -2.38. The Labute approximate surface area is 168 Å². The molecule has 1 atom stereocenters. The number of benzene rings is 2. The molecule has 3 rings (SSSR count). The summed E-state index contributed by atoms with van der Waals surface area (Å²) in [6.45, 7) is 12.4. The first-order valence-corrected chi connectivity index (χ1v) is 9.97. The van der Waals surface area contributed by atoms with Crippen LogP contribution >= 0.6 is 0 Å². The Morgan fingerprint density at radius 2 is 1.86 bits per heavy atom. The van der Waals surface area contributed by atoms with E-state index < -0.39 is 0 Å². The summed E-state index contributed by atoms with van der Waals surface area (Å²) < 4.78 is 12.0. The van der Waals surface area contributed by atoms with Gasteiger partial charge in [-0.3, -0.25) is 4.79 Å². The Morgan fingerprint density at radius 3 is 2.57 bits per heavy atom. The van der Waals surface area contributed by atoms with Crippen LogP contribution in [0.4, 0.5) is 0 Å². The Kier molecular flexibility index (Phi) is 5.69. The van der Waals surface area contributed by atoms with Gasteiger partial charge < -0.3 is 14.8 Å². The summed E-state index contributed by atoms with van der Waals surface area (Å²) in [4.78, 5) is 12.7. The van der Waals surface area contributed by atoms with Crippen molar-refractivity contribution in [1.29, 1.82) is 0 Å². The summed E-state index contributed by atoms with van der Waals surface area (Å²) in [7, 11) is 0. The summed E-state index contributed by atoms with van der Waals surface area (Å²) in [5.41, 5.74) is 4.07. The van der Waals surface area contributed by atoms with Crippen molar-refractivity contribution in [2.24, 2.45) is 0 Å². The predicted molar refractivity (Wildman–Crippen MR) is 112 cm³/mol. The molecule has 1 aliphatic rings. The van der Waals surface area contributed by atoms with Crippen LogP contribution in [0.15, 0.2) is 36.4 Å². The summed E-state index contributed by atoms with van der Waals surface area (Å²) in [6, 6.07) is 12.2. The van der Waals surface area contributed by atoms with Gasteiger partial charge >= 0.3 is 0 Å². The molecule has 2 aromatic carbocycles. The fraction of sp³-hybridized carbons (Fsp3) is 0.458. The number of carbonyl (C=O) groups excluding carboxylic acids is 1. The van der Waals surface area contributed by atoms with Gasteiger partial charge in [-0.2, -0.15) is 0 Å². The van der Waals surface area contributed by atoms with Crippen molar-refractivity contribution < 1.29 is 14.3 Å². The van der Waals surface area contributed by atoms with Gasteiger partial charge in [0.05, 0.1) is 6.04 Å². The molecule has 0 bridgehead atoms. The zero-order chi connectivity index (χ0) is 20.5. The van der Waals surface area contributed by atoms with Crippen LogP contribution < -0.4 is 14.8 Å². The van der Waals surface area contributed by atoms with Gasteiger partial charge in [0.25, 0.3) is 5.91 Å². The van der Waals surface area contributed by atoms with Gasteiger partial charge in [-0.25, -0.2) is 0 Å². The van der Waals surface area contributed by atoms with E-state index in [-0.39, 0.29) is 24.2 Å². The topological polar surface area (TPSA) is 47.6 Å². The van der Waals surface area contributed by atoms with Crippen molar-refractivity contribution in [3.63, 3.8) is 0 Å². The van der Waals surface area contributed by atoms with Crippen LogP contribution in [0.3, 0.4) is 0 Å². The number of fused-ring (bicyclic) bond motifs is 1. The Balaban J connectivity index is 1.71. The Hall–Kier alpha value is -2.49.